The van der Waals surface area contributed by atoms with Crippen molar-refractivity contribution in [1.29, 1.82) is 0 Å². The van der Waals surface area contributed by atoms with Gasteiger partial charge in [0.1, 0.15) is 17.4 Å². The largest absolute Gasteiger partial charge is 0.453 e. The molecule has 0 radical (unpaired) electrons. The highest BCUT2D eigenvalue weighted by atomic mass is 16.5. The first-order chi connectivity index (χ1) is 22.5. The Bertz CT molecular complexity index is 1880. The number of ketones is 1. The van der Waals surface area contributed by atoms with Crippen LogP contribution in [0.1, 0.15) is 66.5 Å². The van der Waals surface area contributed by atoms with Gasteiger partial charge in [-0.15, -0.1) is 0 Å². The molecular weight excluding hydrogens is 580 g/mol. The van der Waals surface area contributed by atoms with Crippen LogP contribution in [0.15, 0.2) is 67.0 Å². The Balaban J connectivity index is 0.973. The second-order valence-electron chi connectivity index (χ2n) is 12.5. The molecule has 11 heteroatoms. The summed E-state index contributed by atoms with van der Waals surface area (Å²) in [5, 5.41) is 13.9. The molecule has 8 rings (SSSR count). The Morgan fingerprint density at radius 2 is 1.74 bits per heavy atom. The number of hydrogen-bond donors (Lipinski definition) is 4. The van der Waals surface area contributed by atoms with Crippen LogP contribution in [0.4, 0.5) is 4.79 Å². The molecule has 46 heavy (non-hydrogen) atoms. The van der Waals surface area contributed by atoms with Gasteiger partial charge in [-0.25, -0.2) is 14.8 Å². The van der Waals surface area contributed by atoms with Crippen LogP contribution in [0.2, 0.25) is 0 Å². The number of imidazole rings is 1. The SMILES string of the molecule is COC(=O)N[C@H]1CCc2ccn3c2C1C(=O)C[C@H](c1ncc(-c2ccc(-c4ccc(-c5n[nH]c([C@@H]6CCCN6)n5)cc4)cc2)[nH]1)C3. The molecule has 5 heterocycles. The first-order valence-electron chi connectivity index (χ1n) is 16.0. The van der Waals surface area contributed by atoms with Crippen molar-refractivity contribution in [3.8, 4) is 33.8 Å². The predicted octanol–water partition coefficient (Wildman–Crippen LogP) is 5.27. The Morgan fingerprint density at radius 3 is 2.48 bits per heavy atom. The zero-order chi connectivity index (χ0) is 31.2. The maximum Gasteiger partial charge on any atom is 0.407 e. The Hall–Kier alpha value is -5.03. The van der Waals surface area contributed by atoms with Crippen molar-refractivity contribution in [2.24, 2.45) is 0 Å². The first-order valence-corrected chi connectivity index (χ1v) is 16.0. The van der Waals surface area contributed by atoms with E-state index in [4.69, 9.17) is 14.7 Å². The summed E-state index contributed by atoms with van der Waals surface area (Å²) in [5.41, 5.74) is 7.33. The van der Waals surface area contributed by atoms with Gasteiger partial charge in [0.05, 0.1) is 31.0 Å². The van der Waals surface area contributed by atoms with E-state index >= 15 is 0 Å². The van der Waals surface area contributed by atoms with Gasteiger partial charge in [0.15, 0.2) is 5.82 Å². The lowest BCUT2D eigenvalue weighted by atomic mass is 9.79. The number of ether oxygens (including phenoxy) is 1. The predicted molar refractivity (Wildman–Crippen MR) is 172 cm³/mol. The third-order valence-electron chi connectivity index (χ3n) is 9.76. The zero-order valence-corrected chi connectivity index (χ0v) is 25.6. The van der Waals surface area contributed by atoms with Crippen LogP contribution in [-0.4, -0.2) is 61.3 Å². The molecule has 234 valence electrons. The van der Waals surface area contributed by atoms with Gasteiger partial charge in [-0.1, -0.05) is 48.5 Å². The molecule has 1 amide bonds. The molecule has 3 aromatic heterocycles. The average Bonchev–Trinajstić information content (AvgIpc) is 3.91. The fourth-order valence-electron chi connectivity index (χ4n) is 7.37. The molecular formula is C35H36N8O3. The zero-order valence-electron chi connectivity index (χ0n) is 25.6. The van der Waals surface area contributed by atoms with E-state index in [0.717, 1.165) is 71.1 Å². The minimum atomic E-state index is -0.504. The summed E-state index contributed by atoms with van der Waals surface area (Å²) >= 11 is 0. The number of methoxy groups -OCH3 is 1. The number of Topliss-reactive ketones (excluding diaryl/α,β-unsaturated/α-hetero) is 1. The Labute approximate surface area is 266 Å². The van der Waals surface area contributed by atoms with Gasteiger partial charge >= 0.3 is 6.09 Å². The van der Waals surface area contributed by atoms with Crippen LogP contribution >= 0.6 is 0 Å². The fourth-order valence-corrected chi connectivity index (χ4v) is 7.37. The number of aryl methyl sites for hydroxylation is 1. The van der Waals surface area contributed by atoms with Crippen LogP contribution < -0.4 is 10.6 Å². The van der Waals surface area contributed by atoms with Crippen molar-refractivity contribution in [3.63, 3.8) is 0 Å². The molecule has 1 saturated heterocycles. The van der Waals surface area contributed by atoms with Gasteiger partial charge in [-0.3, -0.25) is 9.89 Å². The third kappa shape index (κ3) is 5.20. The second-order valence-corrected chi connectivity index (χ2v) is 12.5. The summed E-state index contributed by atoms with van der Waals surface area (Å²) < 4.78 is 7.02. The van der Waals surface area contributed by atoms with Crippen LogP contribution in [0, 0.1) is 0 Å². The van der Waals surface area contributed by atoms with Gasteiger partial charge in [-0.2, -0.15) is 5.10 Å². The molecule has 11 nitrogen and oxygen atoms in total. The third-order valence-corrected chi connectivity index (χ3v) is 9.76. The van der Waals surface area contributed by atoms with Crippen LogP contribution in [-0.2, 0) is 22.5 Å². The van der Waals surface area contributed by atoms with Crippen molar-refractivity contribution in [2.45, 2.75) is 62.6 Å². The number of hydrogen-bond acceptors (Lipinski definition) is 7. The topological polar surface area (TPSA) is 143 Å². The van der Waals surface area contributed by atoms with E-state index in [1.807, 2.05) is 6.20 Å². The van der Waals surface area contributed by atoms with Crippen LogP contribution in [0.5, 0.6) is 0 Å². The summed E-state index contributed by atoms with van der Waals surface area (Å²) in [6.45, 7) is 1.67. The minimum Gasteiger partial charge on any atom is -0.453 e. The Kier molecular flexibility index (Phi) is 7.25. The van der Waals surface area contributed by atoms with Crippen LogP contribution in [0.25, 0.3) is 33.8 Å². The number of H-pyrrole nitrogens is 2. The normalized spacial score (nSPS) is 22.3. The standard InChI is InChI=1S/C35H36N8O3/c1-46-35(45)39-26-13-12-23-14-16-43-19-25(17-29(44)30(26)31(23)43)32-37-18-28(38-32)22-8-4-20(5-9-22)21-6-10-24(11-7-21)33-40-34(42-41-33)27-3-2-15-36-27/h4-11,14,16,18,25-27,30,36H,2-3,12-13,15,17,19H2,1H3,(H,37,38)(H,39,45)(H,40,41,42)/t25-,26-,27-,30?/m0/s1. The van der Waals surface area contributed by atoms with Gasteiger partial charge in [0.2, 0.25) is 0 Å². The number of benzene rings is 2. The highest BCUT2D eigenvalue weighted by Gasteiger charge is 2.41. The number of carbonyl (C=O) groups excluding carboxylic acids is 2. The lowest BCUT2D eigenvalue weighted by Gasteiger charge is -2.31. The van der Waals surface area contributed by atoms with E-state index < -0.39 is 6.09 Å². The number of aromatic nitrogens is 6. The summed E-state index contributed by atoms with van der Waals surface area (Å²) in [6, 6.07) is 18.8. The molecule has 1 fully saturated rings. The van der Waals surface area contributed by atoms with E-state index in [1.54, 1.807) is 0 Å². The summed E-state index contributed by atoms with van der Waals surface area (Å²) in [6.07, 6.45) is 7.52. The van der Waals surface area contributed by atoms with E-state index in [2.05, 4.69) is 91.2 Å². The number of nitrogens with one attached hydrogen (secondary N) is 4. The highest BCUT2D eigenvalue weighted by Crippen LogP contribution is 2.40. The van der Waals surface area contributed by atoms with Crippen molar-refractivity contribution >= 4 is 11.9 Å². The quantitative estimate of drug-likeness (QED) is 0.204. The summed E-state index contributed by atoms with van der Waals surface area (Å²) in [7, 11) is 1.35. The van der Waals surface area contributed by atoms with Gasteiger partial charge in [0.25, 0.3) is 0 Å². The number of rotatable bonds is 6. The molecule has 3 aliphatic rings. The monoisotopic (exact) mass is 616 g/mol. The molecule has 1 unspecified atom stereocenters. The van der Waals surface area contributed by atoms with E-state index in [0.29, 0.717) is 25.2 Å². The summed E-state index contributed by atoms with van der Waals surface area (Å²) in [4.78, 5) is 38.7. The van der Waals surface area contributed by atoms with Crippen molar-refractivity contribution in [2.75, 3.05) is 13.7 Å². The molecule has 4 atom stereocenters. The number of nitrogens with zero attached hydrogens (tertiary/aromatic N) is 4. The maximum absolute atomic E-state index is 13.7. The van der Waals surface area contributed by atoms with E-state index in [9.17, 15) is 9.59 Å². The number of aromatic amines is 2. The minimum absolute atomic E-state index is 0.102. The van der Waals surface area contributed by atoms with Crippen LogP contribution in [0.3, 0.4) is 0 Å². The first kappa shape index (κ1) is 28.4. The van der Waals surface area contributed by atoms with Gasteiger partial charge < -0.3 is 24.9 Å². The molecule has 0 spiro atoms. The lowest BCUT2D eigenvalue weighted by molar-refractivity contribution is -0.121. The molecule has 0 saturated carbocycles. The average molecular weight is 617 g/mol. The molecule has 1 aliphatic carbocycles. The van der Waals surface area contributed by atoms with E-state index in [1.165, 1.54) is 12.7 Å². The molecule has 2 aromatic carbocycles. The van der Waals surface area contributed by atoms with Gasteiger partial charge in [-0.05, 0) is 60.5 Å². The molecule has 2 aliphatic heterocycles. The number of alkyl carbamates (subject to hydrolysis) is 1. The van der Waals surface area contributed by atoms with Crippen molar-refractivity contribution in [3.05, 3.63) is 89.9 Å². The fraction of sp³-hybridized carbons (Fsp3) is 0.343. The van der Waals surface area contributed by atoms with Gasteiger partial charge in [0, 0.05) is 42.4 Å². The smallest absolute Gasteiger partial charge is 0.407 e. The molecule has 5 aromatic rings. The number of amides is 1. The van der Waals surface area contributed by atoms with Crippen molar-refractivity contribution in [1.82, 2.24) is 40.3 Å². The number of carbonyl (C=O) groups is 2. The maximum atomic E-state index is 13.7. The summed E-state index contributed by atoms with van der Waals surface area (Å²) in [5.74, 6) is 2.03. The lowest BCUT2D eigenvalue weighted by Crippen LogP contribution is -2.44. The molecule has 4 N–H and O–H groups in total. The second kappa shape index (κ2) is 11.7. The van der Waals surface area contributed by atoms with E-state index in [-0.39, 0.29) is 29.7 Å². The van der Waals surface area contributed by atoms with Crippen molar-refractivity contribution < 1.29 is 14.3 Å². The molecule has 0 bridgehead atoms. The highest BCUT2D eigenvalue weighted by molar-refractivity contribution is 5.88. The Morgan fingerprint density at radius 1 is 0.978 bits per heavy atom.